The number of anilines is 1. The average Bonchev–Trinajstić information content (AvgIpc) is 2.77. The van der Waals surface area contributed by atoms with Crippen molar-refractivity contribution < 1.29 is 23.1 Å². The molecule has 1 aliphatic heterocycles. The number of carbonyl (C=O) groups is 1. The van der Waals surface area contributed by atoms with Crippen LogP contribution in [0.3, 0.4) is 0 Å². The molecule has 9 heteroatoms. The lowest BCUT2D eigenvalue weighted by atomic mass is 9.96. The van der Waals surface area contributed by atoms with E-state index in [1.54, 1.807) is 6.92 Å². The molecular formula is C14H19ClN2O5S. The van der Waals surface area contributed by atoms with Crippen molar-refractivity contribution >= 4 is 33.2 Å². The smallest absolute Gasteiger partial charge is 0.251 e. The Hall–Kier alpha value is -1.35. The molecule has 0 aliphatic carbocycles. The molecule has 1 amide bonds. The highest BCUT2D eigenvalue weighted by molar-refractivity contribution is 7.92. The van der Waals surface area contributed by atoms with Crippen LogP contribution in [0.5, 0.6) is 0 Å². The molecule has 3 N–H and O–H groups in total. The second-order valence-electron chi connectivity index (χ2n) is 5.62. The summed E-state index contributed by atoms with van der Waals surface area (Å²) in [4.78, 5) is 12.2. The van der Waals surface area contributed by atoms with E-state index in [-0.39, 0.29) is 28.9 Å². The van der Waals surface area contributed by atoms with Crippen LogP contribution in [-0.2, 0) is 14.8 Å². The molecule has 23 heavy (non-hydrogen) atoms. The third-order valence-corrected chi connectivity index (χ3v) is 4.66. The minimum atomic E-state index is -3.51. The van der Waals surface area contributed by atoms with Gasteiger partial charge in [0.1, 0.15) is 5.60 Å². The maximum Gasteiger partial charge on any atom is 0.251 e. The fourth-order valence-corrected chi connectivity index (χ4v) is 3.07. The van der Waals surface area contributed by atoms with Crippen LogP contribution in [0.25, 0.3) is 0 Å². The predicted molar refractivity (Wildman–Crippen MR) is 87.2 cm³/mol. The second-order valence-corrected chi connectivity index (χ2v) is 7.77. The van der Waals surface area contributed by atoms with Crippen LogP contribution >= 0.6 is 11.6 Å². The Morgan fingerprint density at radius 1 is 1.52 bits per heavy atom. The lowest BCUT2D eigenvalue weighted by Crippen LogP contribution is -2.47. The fraction of sp³-hybridized carbons (Fsp3) is 0.500. The number of hydrogen-bond acceptors (Lipinski definition) is 5. The quantitative estimate of drug-likeness (QED) is 0.724. The summed E-state index contributed by atoms with van der Waals surface area (Å²) >= 11 is 5.91. The summed E-state index contributed by atoms with van der Waals surface area (Å²) in [5, 5.41) is 13.2. The van der Waals surface area contributed by atoms with Gasteiger partial charge < -0.3 is 15.2 Å². The molecule has 1 aromatic carbocycles. The zero-order valence-corrected chi connectivity index (χ0v) is 14.4. The van der Waals surface area contributed by atoms with Gasteiger partial charge in [0.15, 0.2) is 0 Å². The summed E-state index contributed by atoms with van der Waals surface area (Å²) in [6.07, 6.45) is 1.07. The minimum absolute atomic E-state index is 0.0461. The number of ether oxygens (including phenoxy) is 1. The first-order valence-corrected chi connectivity index (χ1v) is 9.27. The lowest BCUT2D eigenvalue weighted by molar-refractivity contribution is -0.0251. The third kappa shape index (κ3) is 4.57. The zero-order chi connectivity index (χ0) is 17.3. The molecule has 1 fully saturated rings. The molecule has 128 valence electrons. The number of halogens is 1. The van der Waals surface area contributed by atoms with Crippen LogP contribution in [0.1, 0.15) is 23.7 Å². The van der Waals surface area contributed by atoms with Crippen LogP contribution in [0, 0.1) is 0 Å². The number of amides is 1. The fourth-order valence-electron chi connectivity index (χ4n) is 2.28. The standard InChI is InChI=1S/C14H19ClN2O5S/c1-9-14(19,5-6-22-9)8-16-13(18)10-3-4-11(15)12(7-10)17-23(2,20)21/h3-4,7,9,17,19H,5-6,8H2,1-2H3,(H,16,18)/t9-,14+/m0/s1. The van der Waals surface area contributed by atoms with E-state index in [2.05, 4.69) is 10.0 Å². The summed E-state index contributed by atoms with van der Waals surface area (Å²) in [7, 11) is -3.51. The molecule has 1 saturated heterocycles. The molecule has 1 aliphatic rings. The second kappa shape index (κ2) is 6.64. The van der Waals surface area contributed by atoms with E-state index in [0.717, 1.165) is 6.26 Å². The Bertz CT molecular complexity index is 709. The zero-order valence-electron chi connectivity index (χ0n) is 12.8. The molecule has 0 bridgehead atoms. The van der Waals surface area contributed by atoms with Gasteiger partial charge in [0.25, 0.3) is 5.91 Å². The Morgan fingerprint density at radius 3 is 2.78 bits per heavy atom. The molecule has 1 heterocycles. The largest absolute Gasteiger partial charge is 0.385 e. The monoisotopic (exact) mass is 362 g/mol. The van der Waals surface area contributed by atoms with Crippen LogP contribution in [0.4, 0.5) is 5.69 Å². The van der Waals surface area contributed by atoms with Crippen molar-refractivity contribution in [3.8, 4) is 0 Å². The van der Waals surface area contributed by atoms with Crippen molar-refractivity contribution in [1.82, 2.24) is 5.32 Å². The molecule has 0 radical (unpaired) electrons. The van der Waals surface area contributed by atoms with E-state index in [1.165, 1.54) is 18.2 Å². The van der Waals surface area contributed by atoms with Crippen molar-refractivity contribution in [2.75, 3.05) is 24.1 Å². The minimum Gasteiger partial charge on any atom is -0.385 e. The number of aliphatic hydroxyl groups is 1. The highest BCUT2D eigenvalue weighted by atomic mass is 35.5. The molecule has 0 unspecified atom stereocenters. The van der Waals surface area contributed by atoms with Crippen molar-refractivity contribution in [2.45, 2.75) is 25.0 Å². The highest BCUT2D eigenvalue weighted by Crippen LogP contribution is 2.26. The molecule has 0 aromatic heterocycles. The number of rotatable bonds is 5. The normalized spacial score (nSPS) is 24.4. The van der Waals surface area contributed by atoms with Gasteiger partial charge in [-0.25, -0.2) is 8.42 Å². The van der Waals surface area contributed by atoms with Gasteiger partial charge in [-0.2, -0.15) is 0 Å². The van der Waals surface area contributed by atoms with Crippen molar-refractivity contribution in [1.29, 1.82) is 0 Å². The van der Waals surface area contributed by atoms with Crippen LogP contribution in [0.2, 0.25) is 5.02 Å². The van der Waals surface area contributed by atoms with Crippen LogP contribution in [0.15, 0.2) is 18.2 Å². The van der Waals surface area contributed by atoms with E-state index in [0.29, 0.717) is 13.0 Å². The van der Waals surface area contributed by atoms with Crippen LogP contribution in [-0.4, -0.2) is 50.5 Å². The number of sulfonamides is 1. The third-order valence-electron chi connectivity index (χ3n) is 3.74. The maximum absolute atomic E-state index is 12.2. The first kappa shape index (κ1) is 18.0. The first-order chi connectivity index (χ1) is 10.6. The van der Waals surface area contributed by atoms with Crippen molar-refractivity contribution in [3.63, 3.8) is 0 Å². The SMILES string of the molecule is C[C@@H]1OCC[C@@]1(O)CNC(=O)c1ccc(Cl)c(NS(C)(=O)=O)c1. The molecular weight excluding hydrogens is 344 g/mol. The Kier molecular flexibility index (Phi) is 5.20. The maximum atomic E-state index is 12.2. The van der Waals surface area contributed by atoms with Gasteiger partial charge in [-0.3, -0.25) is 9.52 Å². The van der Waals surface area contributed by atoms with Gasteiger partial charge in [0.2, 0.25) is 10.0 Å². The summed E-state index contributed by atoms with van der Waals surface area (Å²) in [6, 6.07) is 4.25. The van der Waals surface area contributed by atoms with Gasteiger partial charge in [0.05, 0.1) is 23.1 Å². The van der Waals surface area contributed by atoms with Crippen molar-refractivity contribution in [3.05, 3.63) is 28.8 Å². The number of benzene rings is 1. The Balaban J connectivity index is 2.09. The van der Waals surface area contributed by atoms with E-state index in [9.17, 15) is 18.3 Å². The topological polar surface area (TPSA) is 105 Å². The van der Waals surface area contributed by atoms with Crippen molar-refractivity contribution in [2.24, 2.45) is 0 Å². The number of nitrogens with one attached hydrogen (secondary N) is 2. The summed E-state index contributed by atoms with van der Waals surface area (Å²) in [5.74, 6) is -0.439. The van der Waals surface area contributed by atoms with E-state index < -0.39 is 21.5 Å². The predicted octanol–water partition coefficient (Wildman–Crippen LogP) is 0.981. The highest BCUT2D eigenvalue weighted by Gasteiger charge is 2.39. The first-order valence-electron chi connectivity index (χ1n) is 7.00. The van der Waals surface area contributed by atoms with Gasteiger partial charge in [-0.15, -0.1) is 0 Å². The van der Waals surface area contributed by atoms with Gasteiger partial charge in [-0.1, -0.05) is 11.6 Å². The molecule has 7 nitrogen and oxygen atoms in total. The average molecular weight is 363 g/mol. The summed E-state index contributed by atoms with van der Waals surface area (Å²) in [6.45, 7) is 2.23. The van der Waals surface area contributed by atoms with Gasteiger partial charge in [-0.05, 0) is 25.1 Å². The Morgan fingerprint density at radius 2 is 2.22 bits per heavy atom. The molecule has 0 spiro atoms. The van der Waals surface area contributed by atoms with Crippen LogP contribution < -0.4 is 10.0 Å². The summed E-state index contributed by atoms with van der Waals surface area (Å²) < 4.78 is 30.1. The molecule has 0 saturated carbocycles. The lowest BCUT2D eigenvalue weighted by Gasteiger charge is -2.26. The molecule has 2 rings (SSSR count). The van der Waals surface area contributed by atoms with E-state index >= 15 is 0 Å². The Labute approximate surface area is 140 Å². The molecule has 2 atom stereocenters. The van der Waals surface area contributed by atoms with Gasteiger partial charge >= 0.3 is 0 Å². The molecule has 1 aromatic rings. The number of carbonyl (C=O) groups excluding carboxylic acids is 1. The van der Waals surface area contributed by atoms with E-state index in [1.807, 2.05) is 0 Å². The summed E-state index contributed by atoms with van der Waals surface area (Å²) in [5.41, 5.74) is -0.746. The van der Waals surface area contributed by atoms with E-state index in [4.69, 9.17) is 16.3 Å². The number of hydrogen-bond donors (Lipinski definition) is 3. The van der Waals surface area contributed by atoms with Gasteiger partial charge in [0, 0.05) is 25.1 Å².